The Morgan fingerprint density at radius 3 is 2.09 bits per heavy atom. The van der Waals surface area contributed by atoms with Crippen LogP contribution in [-0.2, 0) is 11.2 Å². The van der Waals surface area contributed by atoms with Crippen LogP contribution in [0.5, 0.6) is 0 Å². The van der Waals surface area contributed by atoms with Crippen LogP contribution in [0, 0.1) is 5.92 Å². The van der Waals surface area contributed by atoms with Gasteiger partial charge in [0.15, 0.2) is 0 Å². The molecule has 11 heavy (non-hydrogen) atoms. The summed E-state index contributed by atoms with van der Waals surface area (Å²) in [7, 11) is 0. The van der Waals surface area contributed by atoms with Crippen molar-refractivity contribution in [1.29, 1.82) is 0 Å². The minimum Gasteiger partial charge on any atom is -0.616 e. The smallest absolute Gasteiger partial charge is 0.433 e. The van der Waals surface area contributed by atoms with Gasteiger partial charge >= 0.3 is 6.18 Å². The molecule has 0 rings (SSSR count). The predicted molar refractivity (Wildman–Crippen MR) is 38.8 cm³/mol. The van der Waals surface area contributed by atoms with Gasteiger partial charge in [0, 0.05) is 0 Å². The number of alkyl halides is 3. The van der Waals surface area contributed by atoms with Crippen LogP contribution in [-0.4, -0.2) is 22.2 Å². The molecule has 1 atom stereocenters. The first-order chi connectivity index (χ1) is 4.81. The van der Waals surface area contributed by atoms with E-state index in [-0.39, 0.29) is 11.7 Å². The second-order valence-electron chi connectivity index (χ2n) is 2.76. The largest absolute Gasteiger partial charge is 0.616 e. The molecule has 0 aliphatic rings. The van der Waals surface area contributed by atoms with Crippen molar-refractivity contribution in [3.63, 3.8) is 0 Å². The summed E-state index contributed by atoms with van der Waals surface area (Å²) in [5, 5.41) is 0. The van der Waals surface area contributed by atoms with Gasteiger partial charge in [-0.05, 0) is 17.1 Å². The molecule has 0 aromatic rings. The van der Waals surface area contributed by atoms with Crippen molar-refractivity contribution in [3.8, 4) is 0 Å². The van der Waals surface area contributed by atoms with Gasteiger partial charge in [0.25, 0.3) is 0 Å². The van der Waals surface area contributed by atoms with E-state index in [1.54, 1.807) is 13.8 Å². The summed E-state index contributed by atoms with van der Waals surface area (Å²) in [6, 6.07) is 0. The van der Waals surface area contributed by atoms with Gasteiger partial charge in [-0.1, -0.05) is 13.8 Å². The van der Waals surface area contributed by atoms with Crippen molar-refractivity contribution in [2.24, 2.45) is 5.92 Å². The molecule has 5 heteroatoms. The Labute approximate surface area is 67.2 Å². The van der Waals surface area contributed by atoms with Crippen LogP contribution in [0.2, 0.25) is 0 Å². The third kappa shape index (κ3) is 8.00. The fraction of sp³-hybridized carbons (Fsp3) is 1.00. The first-order valence-corrected chi connectivity index (χ1v) is 4.72. The molecule has 0 amide bonds. The number of hydrogen-bond acceptors (Lipinski definition) is 1. The third-order valence-corrected chi connectivity index (χ3v) is 2.53. The van der Waals surface area contributed by atoms with E-state index in [1.165, 1.54) is 0 Å². The van der Waals surface area contributed by atoms with Crippen molar-refractivity contribution < 1.29 is 17.7 Å². The molecule has 0 heterocycles. The van der Waals surface area contributed by atoms with Crippen molar-refractivity contribution in [2.75, 3.05) is 11.5 Å². The van der Waals surface area contributed by atoms with Crippen LogP contribution in [0.4, 0.5) is 13.2 Å². The lowest BCUT2D eigenvalue weighted by atomic mass is 10.3. The standard InChI is InChI=1S/C6H11F3OS/c1-5(2)3-11(10)4-6(7,8)9/h5H,3-4H2,1-2H3. The Balaban J connectivity index is 3.61. The first kappa shape index (κ1) is 11.1. The van der Waals surface area contributed by atoms with Gasteiger partial charge in [0.2, 0.25) is 5.75 Å². The van der Waals surface area contributed by atoms with Gasteiger partial charge in [-0.25, -0.2) is 0 Å². The maximum atomic E-state index is 11.6. The van der Waals surface area contributed by atoms with Crippen LogP contribution >= 0.6 is 0 Å². The highest BCUT2D eigenvalue weighted by molar-refractivity contribution is 7.91. The summed E-state index contributed by atoms with van der Waals surface area (Å²) in [5.41, 5.74) is 0. The molecule has 0 N–H and O–H groups in total. The topological polar surface area (TPSA) is 23.1 Å². The summed E-state index contributed by atoms with van der Waals surface area (Å²) in [6.07, 6.45) is -4.29. The van der Waals surface area contributed by atoms with Crippen molar-refractivity contribution in [3.05, 3.63) is 0 Å². The summed E-state index contributed by atoms with van der Waals surface area (Å²) < 4.78 is 45.4. The Kier molecular flexibility index (Phi) is 4.25. The number of rotatable bonds is 3. The molecule has 0 aromatic heterocycles. The highest BCUT2D eigenvalue weighted by atomic mass is 32.2. The van der Waals surface area contributed by atoms with E-state index in [4.69, 9.17) is 0 Å². The van der Waals surface area contributed by atoms with Gasteiger partial charge in [-0.3, -0.25) is 0 Å². The molecule has 0 aliphatic heterocycles. The molecular formula is C6H11F3OS. The van der Waals surface area contributed by atoms with E-state index < -0.39 is 23.1 Å². The second kappa shape index (κ2) is 4.21. The second-order valence-corrected chi connectivity index (χ2v) is 4.26. The Bertz CT molecular complexity index is 113. The molecule has 1 unspecified atom stereocenters. The molecule has 0 aromatic carbocycles. The van der Waals surface area contributed by atoms with Gasteiger partial charge in [0.1, 0.15) is 5.75 Å². The summed E-state index contributed by atoms with van der Waals surface area (Å²) in [4.78, 5) is 0. The third-order valence-electron chi connectivity index (χ3n) is 0.844. The molecule has 0 saturated carbocycles. The lowest BCUT2D eigenvalue weighted by Crippen LogP contribution is -2.26. The van der Waals surface area contributed by atoms with Gasteiger partial charge in [0.05, 0.1) is 0 Å². The van der Waals surface area contributed by atoms with Crippen molar-refractivity contribution in [2.45, 2.75) is 20.0 Å². The zero-order valence-corrected chi connectivity index (χ0v) is 7.26. The van der Waals surface area contributed by atoms with Crippen molar-refractivity contribution in [1.82, 2.24) is 0 Å². The zero-order chi connectivity index (χ0) is 9.07. The Morgan fingerprint density at radius 2 is 1.82 bits per heavy atom. The minimum absolute atomic E-state index is 0.0539. The van der Waals surface area contributed by atoms with E-state index >= 15 is 0 Å². The van der Waals surface area contributed by atoms with Crippen LogP contribution in [0.15, 0.2) is 0 Å². The van der Waals surface area contributed by atoms with E-state index in [0.29, 0.717) is 0 Å². The maximum Gasteiger partial charge on any atom is 0.433 e. The lowest BCUT2D eigenvalue weighted by molar-refractivity contribution is -0.106. The fourth-order valence-corrected chi connectivity index (χ4v) is 1.84. The predicted octanol–water partition coefficient (Wildman–Crippen LogP) is 1.95. The molecule has 0 radical (unpaired) electrons. The fourth-order valence-electron chi connectivity index (χ4n) is 0.613. The number of halogens is 3. The van der Waals surface area contributed by atoms with Crippen LogP contribution in [0.1, 0.15) is 13.8 Å². The highest BCUT2D eigenvalue weighted by Crippen LogP contribution is 2.18. The van der Waals surface area contributed by atoms with Gasteiger partial charge < -0.3 is 4.55 Å². The lowest BCUT2D eigenvalue weighted by Gasteiger charge is -2.14. The molecule has 0 aliphatic carbocycles. The Morgan fingerprint density at radius 1 is 1.36 bits per heavy atom. The number of hydrogen-bond donors (Lipinski definition) is 0. The quantitative estimate of drug-likeness (QED) is 0.621. The summed E-state index contributed by atoms with van der Waals surface area (Å²) in [6.45, 7) is 3.49. The van der Waals surface area contributed by atoms with E-state index in [9.17, 15) is 17.7 Å². The summed E-state index contributed by atoms with van der Waals surface area (Å²) in [5.74, 6) is -0.997. The molecule has 1 nitrogen and oxygen atoms in total. The molecule has 0 saturated heterocycles. The maximum absolute atomic E-state index is 11.6. The van der Waals surface area contributed by atoms with Crippen LogP contribution in [0.3, 0.4) is 0 Å². The Hall–Kier alpha value is 0.100. The van der Waals surface area contributed by atoms with E-state index in [0.717, 1.165) is 0 Å². The molecule has 0 bridgehead atoms. The normalized spacial score (nSPS) is 15.5. The van der Waals surface area contributed by atoms with E-state index in [1.807, 2.05) is 0 Å². The van der Waals surface area contributed by atoms with Crippen LogP contribution < -0.4 is 0 Å². The highest BCUT2D eigenvalue weighted by Gasteiger charge is 2.34. The van der Waals surface area contributed by atoms with Crippen molar-refractivity contribution >= 4 is 11.2 Å². The molecule has 68 valence electrons. The first-order valence-electron chi connectivity index (χ1n) is 3.23. The SMILES string of the molecule is CC(C)C[S+]([O-])CC(F)(F)F. The zero-order valence-electron chi connectivity index (χ0n) is 6.44. The van der Waals surface area contributed by atoms with Crippen LogP contribution in [0.25, 0.3) is 0 Å². The monoisotopic (exact) mass is 188 g/mol. The van der Waals surface area contributed by atoms with Gasteiger partial charge in [-0.15, -0.1) is 0 Å². The minimum atomic E-state index is -4.29. The molecule has 0 spiro atoms. The average Bonchev–Trinajstić information content (AvgIpc) is 1.53. The van der Waals surface area contributed by atoms with Gasteiger partial charge in [-0.2, -0.15) is 13.2 Å². The average molecular weight is 188 g/mol. The summed E-state index contributed by atoms with van der Waals surface area (Å²) >= 11 is -1.74. The van der Waals surface area contributed by atoms with E-state index in [2.05, 4.69) is 0 Å². The molecular weight excluding hydrogens is 177 g/mol. The molecule has 0 fully saturated rings.